The van der Waals surface area contributed by atoms with Crippen molar-refractivity contribution < 1.29 is 0 Å². The number of hydrogen-bond donors (Lipinski definition) is 2. The molecule has 0 spiro atoms. The van der Waals surface area contributed by atoms with Gasteiger partial charge in [-0.05, 0) is 32.9 Å². The highest BCUT2D eigenvalue weighted by molar-refractivity contribution is 5.39. The van der Waals surface area contributed by atoms with Gasteiger partial charge in [0.25, 0.3) is 0 Å². The van der Waals surface area contributed by atoms with Gasteiger partial charge in [-0.1, -0.05) is 0 Å². The van der Waals surface area contributed by atoms with Gasteiger partial charge in [0.05, 0.1) is 17.4 Å². The Labute approximate surface area is 78.1 Å². The molecule has 1 aliphatic heterocycles. The second-order valence-electron chi connectivity index (χ2n) is 3.63. The average molecular weight is 180 g/mol. The highest BCUT2D eigenvalue weighted by atomic mass is 15.3. The maximum atomic E-state index is 5.75. The highest BCUT2D eigenvalue weighted by Gasteiger charge is 2.16. The minimum atomic E-state index is 0.539. The van der Waals surface area contributed by atoms with Crippen molar-refractivity contribution >= 4 is 5.69 Å². The van der Waals surface area contributed by atoms with Crippen molar-refractivity contribution in [1.82, 2.24) is 15.1 Å². The third-order valence-corrected chi connectivity index (χ3v) is 2.64. The third-order valence-electron chi connectivity index (χ3n) is 2.64. The van der Waals surface area contributed by atoms with E-state index in [1.165, 1.54) is 0 Å². The Morgan fingerprint density at radius 2 is 2.23 bits per heavy atom. The van der Waals surface area contributed by atoms with E-state index in [0.717, 1.165) is 37.3 Å². The van der Waals surface area contributed by atoms with Gasteiger partial charge in [-0.25, -0.2) is 0 Å². The van der Waals surface area contributed by atoms with Gasteiger partial charge in [-0.2, -0.15) is 5.10 Å². The molecule has 1 fully saturated rings. The molecule has 3 N–H and O–H groups in total. The van der Waals surface area contributed by atoms with Crippen molar-refractivity contribution in [2.75, 3.05) is 18.8 Å². The number of nitrogen functional groups attached to an aromatic ring is 1. The first-order chi connectivity index (χ1) is 6.27. The van der Waals surface area contributed by atoms with E-state index in [0.29, 0.717) is 6.04 Å². The number of hydrogen-bond acceptors (Lipinski definition) is 3. The van der Waals surface area contributed by atoms with Crippen LogP contribution in [0.4, 0.5) is 5.69 Å². The summed E-state index contributed by atoms with van der Waals surface area (Å²) in [6.07, 6.45) is 4.26. The summed E-state index contributed by atoms with van der Waals surface area (Å²) >= 11 is 0. The zero-order valence-electron chi connectivity index (χ0n) is 7.95. The van der Waals surface area contributed by atoms with Crippen molar-refractivity contribution in [3.63, 3.8) is 0 Å². The second-order valence-corrected chi connectivity index (χ2v) is 3.63. The zero-order chi connectivity index (χ0) is 9.26. The van der Waals surface area contributed by atoms with Gasteiger partial charge in [0.2, 0.25) is 0 Å². The van der Waals surface area contributed by atoms with Crippen molar-refractivity contribution in [2.24, 2.45) is 0 Å². The van der Waals surface area contributed by atoms with Crippen molar-refractivity contribution in [3.8, 4) is 0 Å². The minimum Gasteiger partial charge on any atom is -0.396 e. The van der Waals surface area contributed by atoms with Gasteiger partial charge < -0.3 is 11.1 Å². The molecule has 4 nitrogen and oxygen atoms in total. The lowest BCUT2D eigenvalue weighted by Gasteiger charge is -2.22. The Hall–Kier alpha value is -1.03. The van der Waals surface area contributed by atoms with Crippen LogP contribution in [0.15, 0.2) is 6.20 Å². The molecule has 0 aliphatic carbocycles. The molecular weight excluding hydrogens is 164 g/mol. The molecule has 1 aromatic heterocycles. The summed E-state index contributed by atoms with van der Waals surface area (Å²) in [7, 11) is 0. The van der Waals surface area contributed by atoms with Crippen LogP contribution < -0.4 is 11.1 Å². The van der Waals surface area contributed by atoms with Crippen LogP contribution in [-0.2, 0) is 0 Å². The molecule has 72 valence electrons. The number of piperidine rings is 1. The van der Waals surface area contributed by atoms with E-state index in [-0.39, 0.29) is 0 Å². The Bertz CT molecular complexity index is 266. The predicted octanol–water partition coefficient (Wildman–Crippen LogP) is 0.698. The Morgan fingerprint density at radius 1 is 1.54 bits per heavy atom. The Balaban J connectivity index is 2.14. The van der Waals surface area contributed by atoms with Crippen LogP contribution in [0.2, 0.25) is 0 Å². The van der Waals surface area contributed by atoms with E-state index < -0.39 is 0 Å². The maximum Gasteiger partial charge on any atom is 0.0823 e. The summed E-state index contributed by atoms with van der Waals surface area (Å²) in [6, 6.07) is 0.539. The number of nitrogens with one attached hydrogen (secondary N) is 1. The summed E-state index contributed by atoms with van der Waals surface area (Å²) < 4.78 is 2.02. The minimum absolute atomic E-state index is 0.539. The lowest BCUT2D eigenvalue weighted by molar-refractivity contribution is 0.342. The molecule has 1 aliphatic rings. The number of aryl methyl sites for hydroxylation is 1. The number of aromatic nitrogens is 2. The largest absolute Gasteiger partial charge is 0.396 e. The number of anilines is 1. The first kappa shape index (κ1) is 8.56. The summed E-state index contributed by atoms with van der Waals surface area (Å²) in [5.74, 6) is 0. The first-order valence-corrected chi connectivity index (χ1v) is 4.79. The van der Waals surface area contributed by atoms with Crippen LogP contribution in [0.1, 0.15) is 24.6 Å². The molecule has 1 saturated heterocycles. The molecule has 0 saturated carbocycles. The monoisotopic (exact) mass is 180 g/mol. The molecule has 0 amide bonds. The van der Waals surface area contributed by atoms with Crippen LogP contribution in [0, 0.1) is 6.92 Å². The van der Waals surface area contributed by atoms with Crippen LogP contribution in [0.5, 0.6) is 0 Å². The summed E-state index contributed by atoms with van der Waals surface area (Å²) in [5, 5.41) is 7.73. The second kappa shape index (κ2) is 3.38. The van der Waals surface area contributed by atoms with E-state index in [1.807, 2.05) is 17.8 Å². The quantitative estimate of drug-likeness (QED) is 0.669. The SMILES string of the molecule is Cc1nn(C2CCNCC2)cc1N. The van der Waals surface area contributed by atoms with E-state index in [4.69, 9.17) is 5.73 Å². The average Bonchev–Trinajstić information content (AvgIpc) is 2.49. The van der Waals surface area contributed by atoms with Crippen LogP contribution >= 0.6 is 0 Å². The molecule has 13 heavy (non-hydrogen) atoms. The normalized spacial score (nSPS) is 19.2. The summed E-state index contributed by atoms with van der Waals surface area (Å²) in [6.45, 7) is 4.12. The molecule has 0 aromatic carbocycles. The van der Waals surface area contributed by atoms with Gasteiger partial charge in [-0.15, -0.1) is 0 Å². The molecular formula is C9H16N4. The smallest absolute Gasteiger partial charge is 0.0823 e. The van der Waals surface area contributed by atoms with Gasteiger partial charge in [-0.3, -0.25) is 4.68 Å². The predicted molar refractivity (Wildman–Crippen MR) is 52.5 cm³/mol. The molecule has 2 heterocycles. The van der Waals surface area contributed by atoms with Crippen LogP contribution in [-0.4, -0.2) is 22.9 Å². The zero-order valence-corrected chi connectivity index (χ0v) is 7.95. The lowest BCUT2D eigenvalue weighted by atomic mass is 10.1. The first-order valence-electron chi connectivity index (χ1n) is 4.79. The van der Waals surface area contributed by atoms with E-state index in [9.17, 15) is 0 Å². The molecule has 0 radical (unpaired) electrons. The fourth-order valence-electron chi connectivity index (χ4n) is 1.75. The molecule has 0 atom stereocenters. The molecule has 2 rings (SSSR count). The fraction of sp³-hybridized carbons (Fsp3) is 0.667. The van der Waals surface area contributed by atoms with E-state index in [1.54, 1.807) is 0 Å². The lowest BCUT2D eigenvalue weighted by Crippen LogP contribution is -2.29. The maximum absolute atomic E-state index is 5.75. The topological polar surface area (TPSA) is 55.9 Å². The molecule has 0 bridgehead atoms. The number of rotatable bonds is 1. The van der Waals surface area contributed by atoms with Gasteiger partial charge >= 0.3 is 0 Å². The molecule has 4 heteroatoms. The highest BCUT2D eigenvalue weighted by Crippen LogP contribution is 2.20. The van der Waals surface area contributed by atoms with E-state index >= 15 is 0 Å². The number of nitrogens with two attached hydrogens (primary N) is 1. The van der Waals surface area contributed by atoms with Crippen molar-refractivity contribution in [3.05, 3.63) is 11.9 Å². The standard InChI is InChI=1S/C9H16N4/c1-7-9(10)6-13(12-7)8-2-4-11-5-3-8/h6,8,11H,2-5,10H2,1H3. The van der Waals surface area contributed by atoms with Crippen LogP contribution in [0.3, 0.4) is 0 Å². The Morgan fingerprint density at radius 3 is 2.77 bits per heavy atom. The molecule has 1 aromatic rings. The van der Waals surface area contributed by atoms with Gasteiger partial charge in [0.1, 0.15) is 0 Å². The molecule has 0 unspecified atom stereocenters. The van der Waals surface area contributed by atoms with Gasteiger partial charge in [0.15, 0.2) is 0 Å². The van der Waals surface area contributed by atoms with E-state index in [2.05, 4.69) is 10.4 Å². The third kappa shape index (κ3) is 1.67. The van der Waals surface area contributed by atoms with Crippen molar-refractivity contribution in [1.29, 1.82) is 0 Å². The van der Waals surface area contributed by atoms with Crippen molar-refractivity contribution in [2.45, 2.75) is 25.8 Å². The summed E-state index contributed by atoms with van der Waals surface area (Å²) in [4.78, 5) is 0. The van der Waals surface area contributed by atoms with Crippen LogP contribution in [0.25, 0.3) is 0 Å². The fourth-order valence-corrected chi connectivity index (χ4v) is 1.75. The van der Waals surface area contributed by atoms with Gasteiger partial charge in [0, 0.05) is 6.20 Å². The number of nitrogens with zero attached hydrogens (tertiary/aromatic N) is 2. The summed E-state index contributed by atoms with van der Waals surface area (Å²) in [5.41, 5.74) is 7.50. The Kier molecular flexibility index (Phi) is 2.22.